The minimum Gasteiger partial charge on any atom is -0.322 e. The maximum absolute atomic E-state index is 4.23. The smallest absolute Gasteiger partial charge is 0.0629 e. The number of anilines is 1. The Morgan fingerprint density at radius 2 is 1.82 bits per heavy atom. The predicted octanol–water partition coefficient (Wildman–Crippen LogP) is 2.80. The van der Waals surface area contributed by atoms with Crippen molar-refractivity contribution in [3.05, 3.63) is 59.9 Å². The van der Waals surface area contributed by atoms with Crippen molar-refractivity contribution >= 4 is 17.8 Å². The molecular formula is C14H15N3. The van der Waals surface area contributed by atoms with Gasteiger partial charge in [-0.3, -0.25) is 4.98 Å². The number of aromatic nitrogens is 1. The highest BCUT2D eigenvalue weighted by molar-refractivity contribution is 5.68. The third kappa shape index (κ3) is 3.43. The summed E-state index contributed by atoms with van der Waals surface area (Å²) in [6.07, 6.45) is 5.84. The van der Waals surface area contributed by atoms with Gasteiger partial charge in [-0.1, -0.05) is 24.3 Å². The molecule has 3 heteroatoms. The Labute approximate surface area is 101 Å². The number of nitrogens with zero attached hydrogens (tertiary/aromatic N) is 1. The van der Waals surface area contributed by atoms with Crippen LogP contribution in [0.25, 0.3) is 12.2 Å². The van der Waals surface area contributed by atoms with Gasteiger partial charge in [0.15, 0.2) is 0 Å². The molecule has 0 bridgehead atoms. The first-order valence-electron chi connectivity index (χ1n) is 5.50. The first-order valence-corrected chi connectivity index (χ1v) is 5.50. The zero-order valence-electron chi connectivity index (χ0n) is 9.72. The molecule has 0 aliphatic carbocycles. The lowest BCUT2D eigenvalue weighted by Gasteiger charge is -2.03. The van der Waals surface area contributed by atoms with E-state index in [2.05, 4.69) is 28.0 Å². The van der Waals surface area contributed by atoms with Crippen LogP contribution in [0.15, 0.2) is 48.7 Å². The number of nitrogens with one attached hydrogen (secondary N) is 2. The van der Waals surface area contributed by atoms with Crippen molar-refractivity contribution in [2.75, 3.05) is 12.5 Å². The van der Waals surface area contributed by atoms with Gasteiger partial charge < -0.3 is 5.43 Å². The van der Waals surface area contributed by atoms with Crippen LogP contribution in [0.1, 0.15) is 11.3 Å². The Kier molecular flexibility index (Phi) is 3.89. The Balaban J connectivity index is 2.06. The van der Waals surface area contributed by atoms with Gasteiger partial charge in [0.1, 0.15) is 0 Å². The first kappa shape index (κ1) is 11.4. The van der Waals surface area contributed by atoms with Gasteiger partial charge in [0, 0.05) is 18.9 Å². The fourth-order valence-electron chi connectivity index (χ4n) is 1.48. The van der Waals surface area contributed by atoms with Crippen molar-refractivity contribution in [2.45, 2.75) is 0 Å². The average Bonchev–Trinajstić information content (AvgIpc) is 2.40. The van der Waals surface area contributed by atoms with Gasteiger partial charge in [0.05, 0.1) is 5.69 Å². The van der Waals surface area contributed by atoms with Crippen LogP contribution < -0.4 is 10.9 Å². The van der Waals surface area contributed by atoms with Gasteiger partial charge in [-0.05, 0) is 35.9 Å². The molecule has 2 N–H and O–H groups in total. The quantitative estimate of drug-likeness (QED) is 0.786. The molecule has 0 unspecified atom stereocenters. The normalized spacial score (nSPS) is 10.6. The molecule has 0 fully saturated rings. The SMILES string of the molecule is CNNc1ccc(/C=C/c2ccccn2)cc1. The molecule has 86 valence electrons. The van der Waals surface area contributed by atoms with E-state index >= 15 is 0 Å². The molecule has 2 aromatic rings. The largest absolute Gasteiger partial charge is 0.322 e. The van der Waals surface area contributed by atoms with E-state index in [9.17, 15) is 0 Å². The maximum atomic E-state index is 4.23. The van der Waals surface area contributed by atoms with Crippen LogP contribution in [0.4, 0.5) is 5.69 Å². The van der Waals surface area contributed by atoms with Crippen LogP contribution in [0.2, 0.25) is 0 Å². The van der Waals surface area contributed by atoms with Crippen molar-refractivity contribution in [3.8, 4) is 0 Å². The topological polar surface area (TPSA) is 37.0 Å². The number of benzene rings is 1. The Morgan fingerprint density at radius 1 is 1.00 bits per heavy atom. The lowest BCUT2D eigenvalue weighted by atomic mass is 10.2. The number of rotatable bonds is 4. The molecule has 0 saturated carbocycles. The second-order valence-corrected chi connectivity index (χ2v) is 3.58. The average molecular weight is 225 g/mol. The lowest BCUT2D eigenvalue weighted by molar-refractivity contribution is 0.984. The van der Waals surface area contributed by atoms with Crippen LogP contribution >= 0.6 is 0 Å². The van der Waals surface area contributed by atoms with E-state index in [1.807, 2.05) is 49.5 Å². The molecule has 1 heterocycles. The number of hydrogen-bond donors (Lipinski definition) is 2. The summed E-state index contributed by atoms with van der Waals surface area (Å²) in [5.74, 6) is 0. The summed E-state index contributed by atoms with van der Waals surface area (Å²) >= 11 is 0. The van der Waals surface area contributed by atoms with E-state index in [-0.39, 0.29) is 0 Å². The van der Waals surface area contributed by atoms with E-state index in [0.717, 1.165) is 16.9 Å². The monoisotopic (exact) mass is 225 g/mol. The highest BCUT2D eigenvalue weighted by Crippen LogP contribution is 2.11. The molecule has 0 amide bonds. The molecule has 1 aromatic carbocycles. The van der Waals surface area contributed by atoms with E-state index in [1.165, 1.54) is 0 Å². The summed E-state index contributed by atoms with van der Waals surface area (Å²) in [4.78, 5) is 4.23. The molecule has 0 atom stereocenters. The summed E-state index contributed by atoms with van der Waals surface area (Å²) < 4.78 is 0. The van der Waals surface area contributed by atoms with Crippen molar-refractivity contribution in [1.82, 2.24) is 10.4 Å². The zero-order chi connectivity index (χ0) is 11.9. The van der Waals surface area contributed by atoms with Gasteiger partial charge in [-0.2, -0.15) is 0 Å². The lowest BCUT2D eigenvalue weighted by Crippen LogP contribution is -2.14. The van der Waals surface area contributed by atoms with Crippen LogP contribution in [-0.4, -0.2) is 12.0 Å². The second-order valence-electron chi connectivity index (χ2n) is 3.58. The minimum absolute atomic E-state index is 0.963. The van der Waals surface area contributed by atoms with Crippen molar-refractivity contribution in [3.63, 3.8) is 0 Å². The molecule has 1 aromatic heterocycles. The molecule has 0 saturated heterocycles. The highest BCUT2D eigenvalue weighted by Gasteiger charge is 1.90. The van der Waals surface area contributed by atoms with E-state index in [0.29, 0.717) is 0 Å². The number of hydrazine groups is 1. The zero-order valence-corrected chi connectivity index (χ0v) is 9.72. The summed E-state index contributed by atoms with van der Waals surface area (Å²) in [6, 6.07) is 14.0. The third-order valence-corrected chi connectivity index (χ3v) is 2.31. The van der Waals surface area contributed by atoms with Gasteiger partial charge in [0.2, 0.25) is 0 Å². The van der Waals surface area contributed by atoms with Crippen molar-refractivity contribution in [2.24, 2.45) is 0 Å². The number of hydrogen-bond acceptors (Lipinski definition) is 3. The third-order valence-electron chi connectivity index (χ3n) is 2.31. The number of pyridine rings is 1. The first-order chi connectivity index (χ1) is 8.38. The fraction of sp³-hybridized carbons (Fsp3) is 0.0714. The molecule has 17 heavy (non-hydrogen) atoms. The summed E-state index contributed by atoms with van der Waals surface area (Å²) in [5, 5.41) is 0. The standard InChI is InChI=1S/C14H15N3/c1-15-17-14-9-6-12(7-10-14)5-8-13-4-2-3-11-16-13/h2-11,15,17H,1H3/b8-5+. The van der Waals surface area contributed by atoms with Gasteiger partial charge >= 0.3 is 0 Å². The molecule has 2 rings (SSSR count). The maximum Gasteiger partial charge on any atom is 0.0629 e. The van der Waals surface area contributed by atoms with Crippen LogP contribution in [0.5, 0.6) is 0 Å². The van der Waals surface area contributed by atoms with Crippen molar-refractivity contribution in [1.29, 1.82) is 0 Å². The van der Waals surface area contributed by atoms with Crippen LogP contribution in [0.3, 0.4) is 0 Å². The molecule has 0 aliphatic heterocycles. The Hall–Kier alpha value is -2.13. The predicted molar refractivity (Wildman–Crippen MR) is 72.3 cm³/mol. The minimum atomic E-state index is 0.963. The van der Waals surface area contributed by atoms with E-state index in [4.69, 9.17) is 0 Å². The Bertz CT molecular complexity index is 475. The molecule has 0 radical (unpaired) electrons. The second kappa shape index (κ2) is 5.82. The summed E-state index contributed by atoms with van der Waals surface area (Å²) in [7, 11) is 1.84. The van der Waals surface area contributed by atoms with Crippen LogP contribution in [0, 0.1) is 0 Å². The molecule has 0 aliphatic rings. The van der Waals surface area contributed by atoms with Crippen LogP contribution in [-0.2, 0) is 0 Å². The molecule has 0 spiro atoms. The van der Waals surface area contributed by atoms with Gasteiger partial charge in [-0.25, -0.2) is 5.43 Å². The summed E-state index contributed by atoms with van der Waals surface area (Å²) in [5.41, 5.74) is 9.06. The molecular weight excluding hydrogens is 210 g/mol. The van der Waals surface area contributed by atoms with E-state index in [1.54, 1.807) is 6.20 Å². The highest BCUT2D eigenvalue weighted by atomic mass is 15.3. The van der Waals surface area contributed by atoms with Gasteiger partial charge in [-0.15, -0.1) is 0 Å². The molecule has 3 nitrogen and oxygen atoms in total. The van der Waals surface area contributed by atoms with Gasteiger partial charge in [0.25, 0.3) is 0 Å². The van der Waals surface area contributed by atoms with Crippen molar-refractivity contribution < 1.29 is 0 Å². The summed E-state index contributed by atoms with van der Waals surface area (Å²) in [6.45, 7) is 0. The Morgan fingerprint density at radius 3 is 2.47 bits per heavy atom. The van der Waals surface area contributed by atoms with E-state index < -0.39 is 0 Å². The fourth-order valence-corrected chi connectivity index (χ4v) is 1.48.